The molecule has 5 heteroatoms. The first kappa shape index (κ1) is 14.8. The molecule has 0 saturated heterocycles. The van der Waals surface area contributed by atoms with E-state index in [-0.39, 0.29) is 5.91 Å². The normalized spacial score (nSPS) is 10.4. The van der Waals surface area contributed by atoms with Crippen LogP contribution in [0.5, 0.6) is 0 Å². The highest BCUT2D eigenvalue weighted by Crippen LogP contribution is 2.20. The van der Waals surface area contributed by atoms with Gasteiger partial charge in [-0.3, -0.25) is 4.79 Å². The number of carbonyl (C=O) groups excluding carboxylic acids is 1. The fourth-order valence-corrected chi connectivity index (χ4v) is 1.70. The van der Waals surface area contributed by atoms with Crippen LogP contribution in [0, 0.1) is 0 Å². The number of amides is 1. The summed E-state index contributed by atoms with van der Waals surface area (Å²) < 4.78 is 5.26. The van der Waals surface area contributed by atoms with Crippen molar-refractivity contribution in [1.82, 2.24) is 4.90 Å². The van der Waals surface area contributed by atoms with Gasteiger partial charge < -0.3 is 15.4 Å². The minimum atomic E-state index is -0.0550. The third-order valence-electron chi connectivity index (χ3n) is 2.62. The van der Waals surface area contributed by atoms with E-state index in [2.05, 4.69) is 0 Å². The maximum Gasteiger partial charge on any atom is 0.253 e. The molecule has 0 atom stereocenters. The van der Waals surface area contributed by atoms with E-state index in [0.717, 1.165) is 0 Å². The molecule has 0 aliphatic rings. The maximum atomic E-state index is 12.2. The standard InChI is InChI=1S/C13H19ClN2O2/c1-3-16(7-8-18-4-2)13(17)10-5-6-11(14)12(15)9-10/h5-6,9H,3-4,7-8,15H2,1-2H3. The Labute approximate surface area is 113 Å². The summed E-state index contributed by atoms with van der Waals surface area (Å²) in [5.74, 6) is -0.0550. The highest BCUT2D eigenvalue weighted by molar-refractivity contribution is 6.33. The Kier molecular flexibility index (Phi) is 5.95. The van der Waals surface area contributed by atoms with Gasteiger partial charge in [-0.25, -0.2) is 0 Å². The van der Waals surface area contributed by atoms with Gasteiger partial charge in [0, 0.05) is 25.3 Å². The lowest BCUT2D eigenvalue weighted by Gasteiger charge is -2.21. The Bertz CT molecular complexity index is 410. The summed E-state index contributed by atoms with van der Waals surface area (Å²) >= 11 is 5.83. The van der Waals surface area contributed by atoms with Crippen molar-refractivity contribution in [3.63, 3.8) is 0 Å². The molecule has 0 saturated carbocycles. The van der Waals surface area contributed by atoms with Gasteiger partial charge in [0.25, 0.3) is 5.91 Å². The predicted octanol–water partition coefficient (Wildman–Crippen LogP) is 2.42. The van der Waals surface area contributed by atoms with Gasteiger partial charge in [-0.1, -0.05) is 11.6 Å². The number of nitrogen functional groups attached to an aromatic ring is 1. The molecule has 4 nitrogen and oxygen atoms in total. The zero-order chi connectivity index (χ0) is 13.5. The number of nitrogens with two attached hydrogens (primary N) is 1. The summed E-state index contributed by atoms with van der Waals surface area (Å²) in [6, 6.07) is 4.93. The Hall–Kier alpha value is -1.26. The van der Waals surface area contributed by atoms with Gasteiger partial charge in [0.05, 0.1) is 17.3 Å². The number of nitrogens with zero attached hydrogens (tertiary/aromatic N) is 1. The van der Waals surface area contributed by atoms with Gasteiger partial charge in [0.15, 0.2) is 0 Å². The van der Waals surface area contributed by atoms with Crippen molar-refractivity contribution in [2.24, 2.45) is 0 Å². The van der Waals surface area contributed by atoms with Crippen molar-refractivity contribution >= 4 is 23.2 Å². The van der Waals surface area contributed by atoms with Crippen LogP contribution in [0.4, 0.5) is 5.69 Å². The number of hydrogen-bond donors (Lipinski definition) is 1. The van der Waals surface area contributed by atoms with Crippen LogP contribution < -0.4 is 5.73 Å². The minimum absolute atomic E-state index is 0.0550. The monoisotopic (exact) mass is 270 g/mol. The molecule has 100 valence electrons. The third kappa shape index (κ3) is 3.89. The molecule has 1 rings (SSSR count). The quantitative estimate of drug-likeness (QED) is 0.638. The van der Waals surface area contributed by atoms with Crippen LogP contribution in [0.15, 0.2) is 18.2 Å². The van der Waals surface area contributed by atoms with E-state index in [0.29, 0.717) is 42.6 Å². The molecule has 1 aromatic rings. The van der Waals surface area contributed by atoms with Gasteiger partial charge in [0.2, 0.25) is 0 Å². The van der Waals surface area contributed by atoms with Crippen molar-refractivity contribution in [1.29, 1.82) is 0 Å². The summed E-state index contributed by atoms with van der Waals surface area (Å²) in [6.45, 7) is 6.26. The number of rotatable bonds is 6. The number of hydrogen-bond acceptors (Lipinski definition) is 3. The first-order valence-corrected chi connectivity index (χ1v) is 6.40. The van der Waals surface area contributed by atoms with E-state index < -0.39 is 0 Å². The lowest BCUT2D eigenvalue weighted by molar-refractivity contribution is 0.0669. The SMILES string of the molecule is CCOCCN(CC)C(=O)c1ccc(Cl)c(N)c1. The summed E-state index contributed by atoms with van der Waals surface area (Å²) in [6.07, 6.45) is 0. The van der Waals surface area contributed by atoms with Gasteiger partial charge in [-0.2, -0.15) is 0 Å². The van der Waals surface area contributed by atoms with E-state index >= 15 is 0 Å². The van der Waals surface area contributed by atoms with Gasteiger partial charge in [-0.15, -0.1) is 0 Å². The van der Waals surface area contributed by atoms with Crippen LogP contribution in [-0.4, -0.2) is 37.1 Å². The van der Waals surface area contributed by atoms with E-state index in [1.54, 1.807) is 23.1 Å². The second-order valence-electron chi connectivity index (χ2n) is 3.82. The number of anilines is 1. The second-order valence-corrected chi connectivity index (χ2v) is 4.23. The molecule has 18 heavy (non-hydrogen) atoms. The topological polar surface area (TPSA) is 55.6 Å². The fourth-order valence-electron chi connectivity index (χ4n) is 1.58. The molecule has 2 N–H and O–H groups in total. The highest BCUT2D eigenvalue weighted by Gasteiger charge is 2.14. The van der Waals surface area contributed by atoms with Crippen LogP contribution in [-0.2, 0) is 4.74 Å². The van der Waals surface area contributed by atoms with Crippen LogP contribution in [0.25, 0.3) is 0 Å². The van der Waals surface area contributed by atoms with Crippen LogP contribution in [0.1, 0.15) is 24.2 Å². The van der Waals surface area contributed by atoms with E-state index in [9.17, 15) is 4.79 Å². The first-order valence-electron chi connectivity index (χ1n) is 6.02. The Morgan fingerprint density at radius 1 is 1.44 bits per heavy atom. The highest BCUT2D eigenvalue weighted by atomic mass is 35.5. The van der Waals surface area contributed by atoms with Crippen LogP contribution in [0.2, 0.25) is 5.02 Å². The average molecular weight is 271 g/mol. The minimum Gasteiger partial charge on any atom is -0.398 e. The molecule has 1 aromatic carbocycles. The smallest absolute Gasteiger partial charge is 0.253 e. The lowest BCUT2D eigenvalue weighted by Crippen LogP contribution is -2.33. The number of likely N-dealkylation sites (N-methyl/N-ethyl adjacent to an activating group) is 1. The van der Waals surface area contributed by atoms with Crippen LogP contribution >= 0.6 is 11.6 Å². The first-order chi connectivity index (χ1) is 8.60. The molecule has 0 bridgehead atoms. The lowest BCUT2D eigenvalue weighted by atomic mass is 10.1. The van der Waals surface area contributed by atoms with E-state index in [1.165, 1.54) is 0 Å². The van der Waals surface area contributed by atoms with Crippen molar-refractivity contribution in [2.75, 3.05) is 32.0 Å². The number of halogens is 1. The molecular weight excluding hydrogens is 252 g/mol. The summed E-state index contributed by atoms with van der Waals surface area (Å²) in [5, 5.41) is 0.462. The van der Waals surface area contributed by atoms with E-state index in [1.807, 2.05) is 13.8 Å². The largest absolute Gasteiger partial charge is 0.398 e. The summed E-state index contributed by atoms with van der Waals surface area (Å²) in [4.78, 5) is 13.9. The van der Waals surface area contributed by atoms with E-state index in [4.69, 9.17) is 22.1 Å². The molecule has 0 radical (unpaired) electrons. The average Bonchev–Trinajstić information content (AvgIpc) is 2.37. The van der Waals surface area contributed by atoms with Crippen molar-refractivity contribution in [3.05, 3.63) is 28.8 Å². The third-order valence-corrected chi connectivity index (χ3v) is 2.97. The summed E-state index contributed by atoms with van der Waals surface area (Å²) in [5.41, 5.74) is 6.67. The van der Waals surface area contributed by atoms with Gasteiger partial charge >= 0.3 is 0 Å². The molecule has 0 aromatic heterocycles. The van der Waals surface area contributed by atoms with Gasteiger partial charge in [-0.05, 0) is 32.0 Å². The van der Waals surface area contributed by atoms with Crippen molar-refractivity contribution in [2.45, 2.75) is 13.8 Å². The summed E-state index contributed by atoms with van der Waals surface area (Å²) in [7, 11) is 0. The Balaban J connectivity index is 2.73. The Morgan fingerprint density at radius 2 is 2.17 bits per heavy atom. The number of carbonyl (C=O) groups is 1. The molecule has 0 spiro atoms. The molecule has 0 heterocycles. The molecule has 0 unspecified atom stereocenters. The molecule has 0 fully saturated rings. The molecule has 0 aliphatic carbocycles. The van der Waals surface area contributed by atoms with Crippen LogP contribution in [0.3, 0.4) is 0 Å². The second kappa shape index (κ2) is 7.24. The maximum absolute atomic E-state index is 12.2. The molecular formula is C13H19ClN2O2. The zero-order valence-corrected chi connectivity index (χ0v) is 11.5. The predicted molar refractivity (Wildman–Crippen MR) is 73.9 cm³/mol. The van der Waals surface area contributed by atoms with Crippen molar-refractivity contribution in [3.8, 4) is 0 Å². The molecule has 0 aliphatic heterocycles. The number of ether oxygens (including phenoxy) is 1. The Morgan fingerprint density at radius 3 is 2.72 bits per heavy atom. The van der Waals surface area contributed by atoms with Crippen molar-refractivity contribution < 1.29 is 9.53 Å². The molecule has 1 amide bonds. The fraction of sp³-hybridized carbons (Fsp3) is 0.462. The van der Waals surface area contributed by atoms with Gasteiger partial charge in [0.1, 0.15) is 0 Å². The number of benzene rings is 1. The zero-order valence-electron chi connectivity index (χ0n) is 10.8.